The first-order valence-electron chi connectivity index (χ1n) is 8.77. The molecule has 0 bridgehead atoms. The van der Waals surface area contributed by atoms with Crippen molar-refractivity contribution < 1.29 is 23.7 Å². The van der Waals surface area contributed by atoms with Crippen LogP contribution >= 0.6 is 0 Å². The van der Waals surface area contributed by atoms with Gasteiger partial charge in [-0.3, -0.25) is 4.79 Å². The van der Waals surface area contributed by atoms with Crippen LogP contribution in [0.3, 0.4) is 0 Å². The van der Waals surface area contributed by atoms with Gasteiger partial charge in [-0.15, -0.1) is 0 Å². The maximum absolute atomic E-state index is 12.9. The van der Waals surface area contributed by atoms with Crippen molar-refractivity contribution in [2.45, 2.75) is 19.4 Å². The fraction of sp³-hybridized carbons (Fsp3) is 0.227. The number of hydrogen-bond acceptors (Lipinski definition) is 6. The van der Waals surface area contributed by atoms with Gasteiger partial charge in [0.25, 0.3) is 0 Å². The van der Waals surface area contributed by atoms with Crippen LogP contribution in [0.1, 0.15) is 19.4 Å². The number of fused-ring (bicyclic) bond motifs is 3. The van der Waals surface area contributed by atoms with Gasteiger partial charge in [0.2, 0.25) is 0 Å². The second-order valence-corrected chi connectivity index (χ2v) is 7.10. The number of phenols is 1. The van der Waals surface area contributed by atoms with E-state index in [1.54, 1.807) is 18.2 Å². The topological polar surface area (TPSA) is 78.1 Å². The van der Waals surface area contributed by atoms with E-state index in [4.69, 9.17) is 18.6 Å². The Morgan fingerprint density at radius 3 is 2.46 bits per heavy atom. The predicted octanol–water partition coefficient (Wildman–Crippen LogP) is 4.37. The van der Waals surface area contributed by atoms with Crippen LogP contribution in [0.5, 0.6) is 23.0 Å². The van der Waals surface area contributed by atoms with Gasteiger partial charge in [0.15, 0.2) is 22.5 Å². The molecule has 2 aromatic carbocycles. The van der Waals surface area contributed by atoms with Gasteiger partial charge in [-0.05, 0) is 44.2 Å². The third kappa shape index (κ3) is 2.87. The summed E-state index contributed by atoms with van der Waals surface area (Å²) in [7, 11) is 2.97. The zero-order chi connectivity index (χ0) is 20.1. The largest absolute Gasteiger partial charge is 0.504 e. The van der Waals surface area contributed by atoms with Crippen LogP contribution in [0.4, 0.5) is 0 Å². The van der Waals surface area contributed by atoms with Crippen LogP contribution in [-0.2, 0) is 0 Å². The summed E-state index contributed by atoms with van der Waals surface area (Å²) in [4.78, 5) is 12.9. The van der Waals surface area contributed by atoms with Gasteiger partial charge in [0, 0.05) is 17.7 Å². The van der Waals surface area contributed by atoms with E-state index in [-0.39, 0.29) is 11.2 Å². The van der Waals surface area contributed by atoms with Gasteiger partial charge in [0.05, 0.1) is 19.8 Å². The lowest BCUT2D eigenvalue weighted by atomic mass is 9.99. The number of aromatic hydroxyl groups is 1. The molecule has 0 fully saturated rings. The van der Waals surface area contributed by atoms with E-state index in [0.717, 1.165) is 0 Å². The van der Waals surface area contributed by atoms with E-state index in [0.29, 0.717) is 45.1 Å². The maximum atomic E-state index is 12.9. The average molecular weight is 380 g/mol. The molecule has 4 rings (SSSR count). The molecule has 1 aromatic heterocycles. The average Bonchev–Trinajstić information content (AvgIpc) is 2.65. The predicted molar refractivity (Wildman–Crippen MR) is 106 cm³/mol. The Labute approximate surface area is 161 Å². The van der Waals surface area contributed by atoms with Gasteiger partial charge in [-0.1, -0.05) is 0 Å². The van der Waals surface area contributed by atoms with Crippen molar-refractivity contribution in [3.63, 3.8) is 0 Å². The molecule has 0 unspecified atom stereocenters. The van der Waals surface area contributed by atoms with Crippen molar-refractivity contribution in [3.05, 3.63) is 52.2 Å². The van der Waals surface area contributed by atoms with Crippen molar-refractivity contribution >= 4 is 17.0 Å². The van der Waals surface area contributed by atoms with Gasteiger partial charge in [-0.2, -0.15) is 0 Å². The molecule has 28 heavy (non-hydrogen) atoms. The van der Waals surface area contributed by atoms with Crippen molar-refractivity contribution in [1.29, 1.82) is 0 Å². The van der Waals surface area contributed by atoms with Gasteiger partial charge < -0.3 is 23.7 Å². The van der Waals surface area contributed by atoms with E-state index < -0.39 is 5.60 Å². The van der Waals surface area contributed by atoms with Gasteiger partial charge in [0.1, 0.15) is 28.2 Å². The Kier molecular flexibility index (Phi) is 4.07. The SMILES string of the molecule is COc1ccc(-c2cc(=O)c3c(OC)cc4c(c3o2)C=CC(C)(C)O4)cc1O. The highest BCUT2D eigenvalue weighted by molar-refractivity contribution is 5.94. The summed E-state index contributed by atoms with van der Waals surface area (Å²) in [5, 5.41) is 10.4. The highest BCUT2D eigenvalue weighted by Crippen LogP contribution is 2.41. The Morgan fingerprint density at radius 1 is 1.04 bits per heavy atom. The lowest BCUT2D eigenvalue weighted by molar-refractivity contribution is 0.158. The molecule has 0 aliphatic carbocycles. The molecule has 1 aliphatic heterocycles. The zero-order valence-electron chi connectivity index (χ0n) is 16.0. The summed E-state index contributed by atoms with van der Waals surface area (Å²) in [5.41, 5.74) is 0.871. The van der Waals surface area contributed by atoms with Gasteiger partial charge >= 0.3 is 0 Å². The fourth-order valence-corrected chi connectivity index (χ4v) is 3.29. The molecule has 2 heterocycles. The normalized spacial score (nSPS) is 14.4. The molecule has 0 saturated heterocycles. The lowest BCUT2D eigenvalue weighted by Gasteiger charge is -2.28. The number of methoxy groups -OCH3 is 2. The monoisotopic (exact) mass is 380 g/mol. The molecule has 144 valence electrons. The van der Waals surface area contributed by atoms with Crippen molar-refractivity contribution in [2.24, 2.45) is 0 Å². The number of hydrogen-bond donors (Lipinski definition) is 1. The molecule has 6 heteroatoms. The highest BCUT2D eigenvalue weighted by atomic mass is 16.5. The number of ether oxygens (including phenoxy) is 3. The Hall–Kier alpha value is -3.41. The van der Waals surface area contributed by atoms with E-state index in [1.165, 1.54) is 26.4 Å². The molecular weight excluding hydrogens is 360 g/mol. The first kappa shape index (κ1) is 18.0. The first-order chi connectivity index (χ1) is 13.3. The highest BCUT2D eigenvalue weighted by Gasteiger charge is 2.26. The number of benzene rings is 2. The summed E-state index contributed by atoms with van der Waals surface area (Å²) < 4.78 is 22.6. The summed E-state index contributed by atoms with van der Waals surface area (Å²) in [5.74, 6) is 1.58. The summed E-state index contributed by atoms with van der Waals surface area (Å²) in [6.07, 6.45) is 3.80. The van der Waals surface area contributed by atoms with E-state index in [1.807, 2.05) is 26.0 Å². The molecular formula is C22H20O6. The van der Waals surface area contributed by atoms with Crippen LogP contribution in [0.25, 0.3) is 28.4 Å². The fourth-order valence-electron chi connectivity index (χ4n) is 3.29. The summed E-state index contributed by atoms with van der Waals surface area (Å²) in [6, 6.07) is 7.91. The zero-order valence-corrected chi connectivity index (χ0v) is 16.0. The van der Waals surface area contributed by atoms with Crippen molar-refractivity contribution in [3.8, 4) is 34.3 Å². The third-order valence-electron chi connectivity index (χ3n) is 4.67. The van der Waals surface area contributed by atoms with Crippen LogP contribution < -0.4 is 19.6 Å². The second-order valence-electron chi connectivity index (χ2n) is 7.10. The molecule has 6 nitrogen and oxygen atoms in total. The first-order valence-corrected chi connectivity index (χ1v) is 8.77. The lowest BCUT2D eigenvalue weighted by Crippen LogP contribution is -2.27. The minimum Gasteiger partial charge on any atom is -0.504 e. The van der Waals surface area contributed by atoms with Crippen LogP contribution in [0.15, 0.2) is 45.6 Å². The van der Waals surface area contributed by atoms with Crippen molar-refractivity contribution in [1.82, 2.24) is 0 Å². The minimum absolute atomic E-state index is 0.0413. The molecule has 0 atom stereocenters. The summed E-state index contributed by atoms with van der Waals surface area (Å²) in [6.45, 7) is 3.88. The Morgan fingerprint density at radius 2 is 1.79 bits per heavy atom. The Balaban J connectivity index is 2.00. The number of rotatable bonds is 3. The molecule has 3 aromatic rings. The van der Waals surface area contributed by atoms with E-state index in [9.17, 15) is 9.90 Å². The maximum Gasteiger partial charge on any atom is 0.197 e. The summed E-state index contributed by atoms with van der Waals surface area (Å²) >= 11 is 0. The van der Waals surface area contributed by atoms with Crippen LogP contribution in [0.2, 0.25) is 0 Å². The molecule has 0 saturated carbocycles. The molecule has 1 aliphatic rings. The second kappa shape index (κ2) is 6.34. The standard InChI is InChI=1S/C22H20O6/c1-22(2)8-7-13-18(28-22)11-19(26-4)20-15(24)10-17(27-21(13)20)12-5-6-16(25-3)14(23)9-12/h5-11,23H,1-4H3. The van der Waals surface area contributed by atoms with Crippen LogP contribution in [-0.4, -0.2) is 24.9 Å². The quantitative estimate of drug-likeness (QED) is 0.727. The van der Waals surface area contributed by atoms with E-state index >= 15 is 0 Å². The van der Waals surface area contributed by atoms with E-state index in [2.05, 4.69) is 0 Å². The Bertz CT molecular complexity index is 1170. The smallest absolute Gasteiger partial charge is 0.197 e. The minimum atomic E-state index is -0.481. The molecule has 1 N–H and O–H groups in total. The van der Waals surface area contributed by atoms with Crippen LogP contribution in [0, 0.1) is 0 Å². The van der Waals surface area contributed by atoms with Crippen molar-refractivity contribution in [2.75, 3.05) is 14.2 Å². The van der Waals surface area contributed by atoms with Gasteiger partial charge in [-0.25, -0.2) is 0 Å². The molecule has 0 spiro atoms. The molecule has 0 radical (unpaired) electrons. The number of phenolic OH excluding ortho intramolecular Hbond substituents is 1. The third-order valence-corrected chi connectivity index (χ3v) is 4.67. The molecule has 0 amide bonds.